The molecule has 3 amide bonds. The molecule has 0 bridgehead atoms. The molecular weight excluding hydrogens is 318 g/mol. The minimum atomic E-state index is -0.768. The third-order valence-corrected chi connectivity index (χ3v) is 2.84. The second-order valence-corrected chi connectivity index (χ2v) is 4.61. The van der Waals surface area contributed by atoms with E-state index in [0.29, 0.717) is 4.47 Å². The number of aromatic hydroxyl groups is 1. The molecule has 0 aromatic heterocycles. The molecule has 5 N–H and O–H groups in total. The largest absolute Gasteiger partial charge is 0.507 e. The highest BCUT2D eigenvalue weighted by Gasteiger charge is 2.20. The van der Waals surface area contributed by atoms with Gasteiger partial charge in [-0.1, -0.05) is 0 Å². The summed E-state index contributed by atoms with van der Waals surface area (Å²) in [6, 6.07) is 4.11. The highest BCUT2D eigenvalue weighted by molar-refractivity contribution is 9.10. The van der Waals surface area contributed by atoms with Gasteiger partial charge in [0.2, 0.25) is 11.8 Å². The zero-order valence-electron chi connectivity index (χ0n) is 9.80. The molecule has 1 aromatic carbocycles. The Morgan fingerprint density at radius 2 is 1.68 bits per heavy atom. The molecule has 1 aromatic rings. The molecule has 0 saturated heterocycles. The van der Waals surface area contributed by atoms with Gasteiger partial charge in [-0.15, -0.1) is 0 Å². The van der Waals surface area contributed by atoms with Crippen molar-refractivity contribution in [2.24, 2.45) is 11.5 Å². The maximum Gasteiger partial charge on any atom is 0.254 e. The molecule has 0 radical (unpaired) electrons. The first-order chi connectivity index (χ1) is 8.81. The number of rotatable bonds is 5. The van der Waals surface area contributed by atoms with Crippen LogP contribution in [0.15, 0.2) is 22.7 Å². The third kappa shape index (κ3) is 4.25. The van der Waals surface area contributed by atoms with Gasteiger partial charge in [0, 0.05) is 5.56 Å². The summed E-state index contributed by atoms with van der Waals surface area (Å²) in [6.07, 6.45) is 0. The second-order valence-electron chi connectivity index (χ2n) is 3.76. The molecule has 0 heterocycles. The van der Waals surface area contributed by atoms with Crippen LogP contribution < -0.4 is 11.5 Å². The number of phenols is 1. The van der Waals surface area contributed by atoms with Crippen molar-refractivity contribution in [3.63, 3.8) is 0 Å². The van der Waals surface area contributed by atoms with Crippen LogP contribution in [0.5, 0.6) is 5.75 Å². The fourth-order valence-corrected chi connectivity index (χ4v) is 1.65. The van der Waals surface area contributed by atoms with E-state index in [9.17, 15) is 19.5 Å². The Morgan fingerprint density at radius 3 is 2.11 bits per heavy atom. The lowest BCUT2D eigenvalue weighted by atomic mass is 10.2. The summed E-state index contributed by atoms with van der Waals surface area (Å²) in [7, 11) is 0. The summed E-state index contributed by atoms with van der Waals surface area (Å²) in [5, 5.41) is 9.49. The predicted molar refractivity (Wildman–Crippen MR) is 70.1 cm³/mol. The number of benzene rings is 1. The van der Waals surface area contributed by atoms with E-state index in [2.05, 4.69) is 15.9 Å². The normalized spacial score (nSPS) is 9.95. The van der Waals surface area contributed by atoms with Crippen molar-refractivity contribution in [1.82, 2.24) is 4.90 Å². The summed E-state index contributed by atoms with van der Waals surface area (Å²) in [6.45, 7) is -0.864. The lowest BCUT2D eigenvalue weighted by molar-refractivity contribution is -0.121. The minimum Gasteiger partial charge on any atom is -0.507 e. The number of primary amides is 2. The molecule has 0 spiro atoms. The fraction of sp³-hybridized carbons (Fsp3) is 0.182. The van der Waals surface area contributed by atoms with E-state index in [4.69, 9.17) is 11.5 Å². The highest BCUT2D eigenvalue weighted by Crippen LogP contribution is 2.24. The first-order valence-electron chi connectivity index (χ1n) is 5.15. The molecule has 102 valence electrons. The van der Waals surface area contributed by atoms with E-state index in [1.807, 2.05) is 0 Å². The summed E-state index contributed by atoms with van der Waals surface area (Å²) in [5.74, 6) is -2.30. The quantitative estimate of drug-likeness (QED) is 0.677. The van der Waals surface area contributed by atoms with Crippen LogP contribution in [0, 0.1) is 0 Å². The topological polar surface area (TPSA) is 127 Å². The average Bonchev–Trinajstić information content (AvgIpc) is 2.29. The SMILES string of the molecule is NC(=O)CN(CC(N)=O)C(=O)c1ccc(Br)c(O)c1. The Bertz CT molecular complexity index is 517. The molecule has 0 aliphatic rings. The van der Waals surface area contributed by atoms with E-state index in [1.165, 1.54) is 18.2 Å². The van der Waals surface area contributed by atoms with Gasteiger partial charge in [-0.05, 0) is 34.1 Å². The summed E-state index contributed by atoms with van der Waals surface area (Å²) >= 11 is 3.07. The van der Waals surface area contributed by atoms with E-state index >= 15 is 0 Å². The Labute approximate surface area is 117 Å². The highest BCUT2D eigenvalue weighted by atomic mass is 79.9. The zero-order chi connectivity index (χ0) is 14.6. The van der Waals surface area contributed by atoms with Gasteiger partial charge < -0.3 is 21.5 Å². The number of phenolic OH excluding ortho intramolecular Hbond substituents is 1. The molecule has 0 unspecified atom stereocenters. The van der Waals surface area contributed by atoms with Gasteiger partial charge in [0.15, 0.2) is 0 Å². The molecule has 0 atom stereocenters. The first-order valence-corrected chi connectivity index (χ1v) is 5.95. The van der Waals surface area contributed by atoms with Gasteiger partial charge in [0.1, 0.15) is 18.8 Å². The average molecular weight is 330 g/mol. The van der Waals surface area contributed by atoms with Crippen LogP contribution in [0.2, 0.25) is 0 Å². The Morgan fingerprint density at radius 1 is 1.16 bits per heavy atom. The number of hydrogen-bond donors (Lipinski definition) is 3. The molecule has 0 aliphatic heterocycles. The summed E-state index contributed by atoms with van der Waals surface area (Å²) < 4.78 is 0.417. The third-order valence-electron chi connectivity index (χ3n) is 2.17. The molecule has 8 heteroatoms. The monoisotopic (exact) mass is 329 g/mol. The van der Waals surface area contributed by atoms with Crippen molar-refractivity contribution in [3.8, 4) is 5.75 Å². The Balaban J connectivity index is 3.00. The van der Waals surface area contributed by atoms with Gasteiger partial charge in [-0.3, -0.25) is 14.4 Å². The van der Waals surface area contributed by atoms with Crippen molar-refractivity contribution in [2.45, 2.75) is 0 Å². The van der Waals surface area contributed by atoms with Crippen molar-refractivity contribution >= 4 is 33.7 Å². The van der Waals surface area contributed by atoms with Crippen LogP contribution in [-0.4, -0.2) is 40.8 Å². The van der Waals surface area contributed by atoms with Crippen molar-refractivity contribution in [3.05, 3.63) is 28.2 Å². The van der Waals surface area contributed by atoms with Crippen LogP contribution in [-0.2, 0) is 9.59 Å². The van der Waals surface area contributed by atoms with Crippen LogP contribution in [0.25, 0.3) is 0 Å². The molecule has 0 saturated carbocycles. The van der Waals surface area contributed by atoms with Crippen LogP contribution >= 0.6 is 15.9 Å². The second kappa shape index (κ2) is 6.19. The Hall–Kier alpha value is -2.09. The molecule has 0 fully saturated rings. The number of carbonyl (C=O) groups excluding carboxylic acids is 3. The smallest absolute Gasteiger partial charge is 0.254 e. The molecule has 19 heavy (non-hydrogen) atoms. The van der Waals surface area contributed by atoms with Gasteiger partial charge >= 0.3 is 0 Å². The Kier molecular flexibility index (Phi) is 4.87. The molecule has 0 aliphatic carbocycles. The van der Waals surface area contributed by atoms with E-state index in [1.54, 1.807) is 0 Å². The fourth-order valence-electron chi connectivity index (χ4n) is 1.40. The van der Waals surface area contributed by atoms with Crippen LogP contribution in [0.3, 0.4) is 0 Å². The van der Waals surface area contributed by atoms with E-state index in [-0.39, 0.29) is 11.3 Å². The molecule has 7 nitrogen and oxygen atoms in total. The lowest BCUT2D eigenvalue weighted by Gasteiger charge is -2.19. The minimum absolute atomic E-state index is 0.114. The first kappa shape index (κ1) is 15.0. The number of carbonyl (C=O) groups is 3. The number of nitrogens with zero attached hydrogens (tertiary/aromatic N) is 1. The van der Waals surface area contributed by atoms with Gasteiger partial charge in [-0.25, -0.2) is 0 Å². The van der Waals surface area contributed by atoms with E-state index in [0.717, 1.165) is 4.90 Å². The van der Waals surface area contributed by atoms with Crippen LogP contribution in [0.4, 0.5) is 0 Å². The lowest BCUT2D eigenvalue weighted by Crippen LogP contribution is -2.43. The van der Waals surface area contributed by atoms with Crippen molar-refractivity contribution in [1.29, 1.82) is 0 Å². The number of nitrogens with two attached hydrogens (primary N) is 2. The standard InChI is InChI=1S/C11H12BrN3O4/c12-7-2-1-6(3-8(7)16)11(19)15(4-9(13)17)5-10(14)18/h1-3,16H,4-5H2,(H2,13,17)(H2,14,18). The number of hydrogen-bond acceptors (Lipinski definition) is 4. The summed E-state index contributed by atoms with van der Waals surface area (Å²) in [4.78, 5) is 34.7. The van der Waals surface area contributed by atoms with Gasteiger partial charge in [-0.2, -0.15) is 0 Å². The predicted octanol–water partition coefficient (Wildman–Crippen LogP) is -0.433. The maximum absolute atomic E-state index is 12.1. The van der Waals surface area contributed by atoms with Gasteiger partial charge in [0.25, 0.3) is 5.91 Å². The summed E-state index contributed by atoms with van der Waals surface area (Å²) in [5.41, 5.74) is 10.1. The molecular formula is C11H12BrN3O4. The number of halogens is 1. The molecule has 1 rings (SSSR count). The maximum atomic E-state index is 12.1. The zero-order valence-corrected chi connectivity index (χ0v) is 11.4. The van der Waals surface area contributed by atoms with Crippen molar-refractivity contribution in [2.75, 3.05) is 13.1 Å². The van der Waals surface area contributed by atoms with Crippen molar-refractivity contribution < 1.29 is 19.5 Å². The van der Waals surface area contributed by atoms with Crippen LogP contribution in [0.1, 0.15) is 10.4 Å². The van der Waals surface area contributed by atoms with E-state index < -0.39 is 30.8 Å². The number of amides is 3. The van der Waals surface area contributed by atoms with Gasteiger partial charge in [0.05, 0.1) is 4.47 Å².